The number of nitrogens with zero attached hydrogens (tertiary/aromatic N) is 2. The Kier molecular flexibility index (Phi) is 5.09. The third-order valence-electron chi connectivity index (χ3n) is 5.92. The number of anilines is 1. The van der Waals surface area contributed by atoms with Gasteiger partial charge >= 0.3 is 0 Å². The number of rotatable bonds is 4. The Morgan fingerprint density at radius 2 is 1.71 bits per heavy atom. The Morgan fingerprint density at radius 1 is 0.964 bits per heavy atom. The minimum atomic E-state index is 0.0447. The van der Waals surface area contributed by atoms with Crippen molar-refractivity contribution in [2.45, 2.75) is 29.3 Å². The van der Waals surface area contributed by atoms with Crippen LogP contribution in [0, 0.1) is 5.92 Å². The van der Waals surface area contributed by atoms with Gasteiger partial charge in [-0.1, -0.05) is 36.0 Å². The van der Waals surface area contributed by atoms with E-state index in [0.29, 0.717) is 12.5 Å². The van der Waals surface area contributed by atoms with Crippen LogP contribution in [0.4, 0.5) is 5.69 Å². The van der Waals surface area contributed by atoms with Crippen LogP contribution in [-0.4, -0.2) is 49.3 Å². The molecular weight excluding hydrogens is 370 g/mol. The van der Waals surface area contributed by atoms with Crippen molar-refractivity contribution in [3.05, 3.63) is 48.5 Å². The van der Waals surface area contributed by atoms with Gasteiger partial charge in [0.15, 0.2) is 11.5 Å². The Bertz CT molecular complexity index is 825. The van der Waals surface area contributed by atoms with E-state index in [1.54, 1.807) is 11.8 Å². The molecule has 2 N–H and O–H groups in total. The summed E-state index contributed by atoms with van der Waals surface area (Å²) in [5.74, 6) is 2.42. The summed E-state index contributed by atoms with van der Waals surface area (Å²) < 4.78 is 12.0. The normalized spacial score (nSPS) is 25.0. The van der Waals surface area contributed by atoms with E-state index >= 15 is 0 Å². The van der Waals surface area contributed by atoms with Crippen LogP contribution in [0.2, 0.25) is 0 Å². The maximum Gasteiger partial charge on any atom is 0.161 e. The highest BCUT2D eigenvalue weighted by Crippen LogP contribution is 2.42. The molecule has 0 saturated carbocycles. The summed E-state index contributed by atoms with van der Waals surface area (Å²) in [5, 5.41) is 0. The van der Waals surface area contributed by atoms with E-state index < -0.39 is 0 Å². The minimum absolute atomic E-state index is 0.0447. The maximum absolute atomic E-state index is 6.38. The molecule has 0 bridgehead atoms. The zero-order valence-electron chi connectivity index (χ0n) is 16.0. The molecule has 5 rings (SSSR count). The fraction of sp³-hybridized carbons (Fsp3) is 0.455. The SMILES string of the molecule is NC1Sc2ccccc2N1CC1CCN(CC2COc3ccccc3O2)CC1. The number of para-hydroxylation sites is 3. The zero-order chi connectivity index (χ0) is 18.9. The Labute approximate surface area is 170 Å². The second kappa shape index (κ2) is 7.85. The van der Waals surface area contributed by atoms with Crippen LogP contribution in [0.15, 0.2) is 53.4 Å². The van der Waals surface area contributed by atoms with Gasteiger partial charge in [0, 0.05) is 18.0 Å². The summed E-state index contributed by atoms with van der Waals surface area (Å²) in [4.78, 5) is 6.21. The van der Waals surface area contributed by atoms with Gasteiger partial charge in [-0.25, -0.2) is 0 Å². The quantitative estimate of drug-likeness (QED) is 0.853. The van der Waals surface area contributed by atoms with Crippen molar-refractivity contribution in [3.63, 3.8) is 0 Å². The molecule has 0 aliphatic carbocycles. The van der Waals surface area contributed by atoms with Gasteiger partial charge in [0.05, 0.1) is 5.69 Å². The van der Waals surface area contributed by atoms with E-state index in [9.17, 15) is 0 Å². The second-order valence-corrected chi connectivity index (χ2v) is 9.03. The first kappa shape index (κ1) is 18.2. The summed E-state index contributed by atoms with van der Waals surface area (Å²) >= 11 is 1.77. The van der Waals surface area contributed by atoms with Crippen LogP contribution < -0.4 is 20.1 Å². The van der Waals surface area contributed by atoms with E-state index in [1.807, 2.05) is 24.3 Å². The van der Waals surface area contributed by atoms with E-state index in [4.69, 9.17) is 15.2 Å². The van der Waals surface area contributed by atoms with Gasteiger partial charge in [0.1, 0.15) is 18.2 Å². The molecular formula is C22H27N3O2S. The predicted octanol–water partition coefficient (Wildman–Crippen LogP) is 3.39. The largest absolute Gasteiger partial charge is 0.486 e. The van der Waals surface area contributed by atoms with Gasteiger partial charge in [-0.15, -0.1) is 0 Å². The molecule has 28 heavy (non-hydrogen) atoms. The summed E-state index contributed by atoms with van der Waals surface area (Å²) in [6, 6.07) is 16.5. The number of nitrogens with two attached hydrogens (primary N) is 1. The molecule has 5 nitrogen and oxygen atoms in total. The highest BCUT2D eigenvalue weighted by atomic mass is 32.2. The first-order valence-electron chi connectivity index (χ1n) is 10.1. The molecule has 2 aromatic carbocycles. The lowest BCUT2D eigenvalue weighted by Crippen LogP contribution is -2.46. The number of hydrogen-bond acceptors (Lipinski definition) is 6. The van der Waals surface area contributed by atoms with Crippen molar-refractivity contribution in [2.75, 3.05) is 37.7 Å². The zero-order valence-corrected chi connectivity index (χ0v) is 16.8. The molecule has 6 heteroatoms. The second-order valence-electron chi connectivity index (χ2n) is 7.87. The monoisotopic (exact) mass is 397 g/mol. The number of piperidine rings is 1. The molecule has 0 radical (unpaired) electrons. The smallest absolute Gasteiger partial charge is 0.161 e. The third-order valence-corrected chi connectivity index (χ3v) is 7.02. The lowest BCUT2D eigenvalue weighted by molar-refractivity contribution is 0.0481. The van der Waals surface area contributed by atoms with Gasteiger partial charge in [-0.2, -0.15) is 0 Å². The number of fused-ring (bicyclic) bond motifs is 2. The van der Waals surface area contributed by atoms with Gasteiger partial charge in [-0.05, 0) is 56.1 Å². The van der Waals surface area contributed by atoms with E-state index in [0.717, 1.165) is 37.7 Å². The molecule has 0 aromatic heterocycles. The van der Waals surface area contributed by atoms with Gasteiger partial charge in [0.25, 0.3) is 0 Å². The van der Waals surface area contributed by atoms with Gasteiger partial charge < -0.3 is 20.1 Å². The molecule has 2 aromatic rings. The summed E-state index contributed by atoms with van der Waals surface area (Å²) in [6.07, 6.45) is 2.53. The maximum atomic E-state index is 6.38. The summed E-state index contributed by atoms with van der Waals surface area (Å²) in [5.41, 5.74) is 7.73. The molecule has 0 amide bonds. The number of ether oxygens (including phenoxy) is 2. The molecule has 2 atom stereocenters. The molecule has 3 aliphatic heterocycles. The first-order chi connectivity index (χ1) is 13.8. The number of benzene rings is 2. The minimum Gasteiger partial charge on any atom is -0.486 e. The van der Waals surface area contributed by atoms with Crippen molar-refractivity contribution < 1.29 is 9.47 Å². The van der Waals surface area contributed by atoms with Crippen molar-refractivity contribution in [2.24, 2.45) is 11.7 Å². The highest BCUT2D eigenvalue weighted by molar-refractivity contribution is 8.00. The van der Waals surface area contributed by atoms with Crippen LogP contribution in [0.25, 0.3) is 0 Å². The van der Waals surface area contributed by atoms with Crippen LogP contribution in [-0.2, 0) is 0 Å². The topological polar surface area (TPSA) is 51.0 Å². The Hall–Kier alpha value is -1.89. The van der Waals surface area contributed by atoms with Crippen LogP contribution >= 0.6 is 11.8 Å². The van der Waals surface area contributed by atoms with Crippen molar-refractivity contribution in [3.8, 4) is 11.5 Å². The molecule has 2 unspecified atom stereocenters. The third kappa shape index (κ3) is 3.69. The Balaban J connectivity index is 1.13. The fourth-order valence-corrected chi connectivity index (χ4v) is 5.45. The van der Waals surface area contributed by atoms with Crippen molar-refractivity contribution >= 4 is 17.4 Å². The number of thioether (sulfide) groups is 1. The van der Waals surface area contributed by atoms with Gasteiger partial charge in [0.2, 0.25) is 0 Å². The average Bonchev–Trinajstić information content (AvgIpc) is 3.04. The Morgan fingerprint density at radius 3 is 2.57 bits per heavy atom. The molecule has 1 fully saturated rings. The molecule has 3 heterocycles. The fourth-order valence-electron chi connectivity index (χ4n) is 4.40. The standard InChI is InChI=1S/C22H27N3O2S/c23-22-25(18-5-1-4-8-21(18)28-22)13-16-9-11-24(12-10-16)14-17-15-26-19-6-2-3-7-20(19)27-17/h1-8,16-17,22H,9-15,23H2. The molecule has 1 saturated heterocycles. The van der Waals surface area contributed by atoms with Crippen LogP contribution in [0.5, 0.6) is 11.5 Å². The molecule has 0 spiro atoms. The van der Waals surface area contributed by atoms with Crippen molar-refractivity contribution in [1.82, 2.24) is 4.90 Å². The van der Waals surface area contributed by atoms with Gasteiger partial charge in [-0.3, -0.25) is 4.90 Å². The van der Waals surface area contributed by atoms with E-state index in [-0.39, 0.29) is 11.6 Å². The lowest BCUT2D eigenvalue weighted by atomic mass is 9.95. The van der Waals surface area contributed by atoms with Crippen LogP contribution in [0.1, 0.15) is 12.8 Å². The van der Waals surface area contributed by atoms with Crippen molar-refractivity contribution in [1.29, 1.82) is 0 Å². The molecule has 148 valence electrons. The first-order valence-corrected chi connectivity index (χ1v) is 11.0. The number of hydrogen-bond donors (Lipinski definition) is 1. The molecule has 3 aliphatic rings. The summed E-state index contributed by atoms with van der Waals surface area (Å²) in [7, 11) is 0. The average molecular weight is 398 g/mol. The highest BCUT2D eigenvalue weighted by Gasteiger charge is 2.31. The van der Waals surface area contributed by atoms with E-state index in [1.165, 1.54) is 23.4 Å². The lowest BCUT2D eigenvalue weighted by Gasteiger charge is -2.37. The van der Waals surface area contributed by atoms with Crippen LogP contribution in [0.3, 0.4) is 0 Å². The number of likely N-dealkylation sites (tertiary alicyclic amines) is 1. The van der Waals surface area contributed by atoms with E-state index in [2.05, 4.69) is 34.1 Å². The summed E-state index contributed by atoms with van der Waals surface area (Å²) in [6.45, 7) is 4.85. The predicted molar refractivity (Wildman–Crippen MR) is 113 cm³/mol.